The summed E-state index contributed by atoms with van der Waals surface area (Å²) in [5, 5.41) is 21.0. The van der Waals surface area contributed by atoms with E-state index >= 15 is 0 Å². The van der Waals surface area contributed by atoms with Crippen LogP contribution in [0, 0.1) is 46.3 Å². The third-order valence-corrected chi connectivity index (χ3v) is 11.3. The van der Waals surface area contributed by atoms with E-state index in [9.17, 15) is 15.0 Å². The van der Waals surface area contributed by atoms with Gasteiger partial charge in [0, 0.05) is 6.42 Å². The fourth-order valence-corrected chi connectivity index (χ4v) is 9.20. The Bertz CT molecular complexity index is 808. The third-order valence-electron chi connectivity index (χ3n) is 11.3. The average molecular weight is 504 g/mol. The lowest BCUT2D eigenvalue weighted by Gasteiger charge is -2.58. The molecule has 0 radical (unpaired) electrons. The number of rotatable bonds is 8. The lowest BCUT2D eigenvalue weighted by atomic mass is 9.47. The molecule has 3 N–H and O–H groups in total. The summed E-state index contributed by atoms with van der Waals surface area (Å²) < 4.78 is 5.70. The minimum Gasteiger partial charge on any atom is -0.446 e. The van der Waals surface area contributed by atoms with Gasteiger partial charge in [-0.25, -0.2) is 4.79 Å². The second-order valence-corrected chi connectivity index (χ2v) is 13.9. The number of hydrogen-bond acceptors (Lipinski definition) is 4. The molecule has 0 aromatic carbocycles. The maximum absolute atomic E-state index is 12.3. The number of hydrogen-bond donors (Lipinski definition) is 3. The first-order chi connectivity index (χ1) is 17.0. The van der Waals surface area contributed by atoms with Crippen molar-refractivity contribution in [3.05, 3.63) is 11.6 Å². The van der Waals surface area contributed by atoms with Gasteiger partial charge in [-0.1, -0.05) is 65.5 Å². The summed E-state index contributed by atoms with van der Waals surface area (Å²) in [5.41, 5.74) is 2.24. The van der Waals surface area contributed by atoms with E-state index in [0.717, 1.165) is 54.8 Å². The Kier molecular flexibility index (Phi) is 8.51. The number of fused-ring (bicyclic) bond motifs is 5. The van der Waals surface area contributed by atoms with Crippen molar-refractivity contribution in [3.8, 4) is 0 Å². The highest BCUT2D eigenvalue weighted by atomic mass is 16.6. The van der Waals surface area contributed by atoms with Crippen LogP contribution in [0.15, 0.2) is 11.6 Å². The fourth-order valence-electron chi connectivity index (χ4n) is 9.20. The Balaban J connectivity index is 1.40. The molecule has 36 heavy (non-hydrogen) atoms. The molecule has 0 aromatic heterocycles. The molecule has 0 aromatic rings. The number of aliphatic hydroxyl groups is 2. The summed E-state index contributed by atoms with van der Waals surface area (Å²) in [4.78, 5) is 12.3. The Morgan fingerprint density at radius 2 is 1.81 bits per heavy atom. The van der Waals surface area contributed by atoms with Crippen molar-refractivity contribution in [1.82, 2.24) is 5.32 Å². The Labute approximate surface area is 219 Å². The van der Waals surface area contributed by atoms with Crippen LogP contribution in [0.5, 0.6) is 0 Å². The normalized spacial score (nSPS) is 39.6. The predicted molar refractivity (Wildman–Crippen MR) is 144 cm³/mol. The minimum atomic E-state index is -1.58. The molecular formula is C31H53NO4. The third kappa shape index (κ3) is 5.39. The van der Waals surface area contributed by atoms with Crippen LogP contribution in [0.3, 0.4) is 0 Å². The molecule has 0 spiro atoms. The van der Waals surface area contributed by atoms with E-state index in [-0.39, 0.29) is 11.5 Å². The summed E-state index contributed by atoms with van der Waals surface area (Å²) in [5.74, 6) is 4.96. The van der Waals surface area contributed by atoms with Gasteiger partial charge in [0.2, 0.25) is 0 Å². The van der Waals surface area contributed by atoms with Gasteiger partial charge >= 0.3 is 6.09 Å². The maximum atomic E-state index is 12.3. The highest BCUT2D eigenvalue weighted by Gasteiger charge is 2.59. The standard InChI is InChI=1S/C31H53NO4/c1-19(2)8-7-9-20(3)25-12-13-26-24-11-10-22-18-23(36-29(35)32-21(4)28(33)34)14-16-30(22,5)27(24)15-17-31(25,26)6/h10,19-21,23-28,33-34H,7-9,11-18H2,1-6H3,(H,32,35)/t20-,21?,23+,24+,25-,26+,27+,30+,31-/m1/s1. The van der Waals surface area contributed by atoms with Crippen molar-refractivity contribution in [3.63, 3.8) is 0 Å². The smallest absolute Gasteiger partial charge is 0.407 e. The molecule has 0 saturated heterocycles. The van der Waals surface area contributed by atoms with Crippen LogP contribution in [-0.2, 0) is 4.74 Å². The summed E-state index contributed by atoms with van der Waals surface area (Å²) in [7, 11) is 0. The first-order valence-corrected chi connectivity index (χ1v) is 15.0. The zero-order chi connectivity index (χ0) is 26.3. The van der Waals surface area contributed by atoms with E-state index in [1.54, 1.807) is 6.92 Å². The van der Waals surface area contributed by atoms with Gasteiger partial charge in [-0.05, 0) is 98.2 Å². The number of alkyl carbamates (subject to hydrolysis) is 1. The number of carbonyl (C=O) groups is 1. The molecule has 0 aliphatic heterocycles. The molecule has 5 heteroatoms. The second-order valence-electron chi connectivity index (χ2n) is 13.9. The Morgan fingerprint density at radius 3 is 2.50 bits per heavy atom. The largest absolute Gasteiger partial charge is 0.446 e. The summed E-state index contributed by atoms with van der Waals surface area (Å²) in [6.45, 7) is 14.0. The molecule has 0 heterocycles. The number of aliphatic hydroxyl groups excluding tert-OH is 1. The van der Waals surface area contributed by atoms with Crippen molar-refractivity contribution >= 4 is 6.09 Å². The van der Waals surface area contributed by atoms with Gasteiger partial charge < -0.3 is 20.3 Å². The van der Waals surface area contributed by atoms with E-state index in [1.165, 1.54) is 56.9 Å². The summed E-state index contributed by atoms with van der Waals surface area (Å²) in [6, 6.07) is -0.745. The zero-order valence-electron chi connectivity index (χ0n) is 23.8. The SMILES string of the molecule is CC(C)CCC[C@@H](C)[C@H]1CC[C@H]2[C@@H]3CC=C4C[C@@H](OC(=O)NC(C)C(O)O)CC[C@]4(C)[C@H]3CC[C@]12C. The molecule has 4 rings (SSSR count). The van der Waals surface area contributed by atoms with Crippen molar-refractivity contribution in [2.75, 3.05) is 0 Å². The van der Waals surface area contributed by atoms with Crippen LogP contribution >= 0.6 is 0 Å². The average Bonchev–Trinajstić information content (AvgIpc) is 3.16. The number of carbonyl (C=O) groups excluding carboxylic acids is 1. The Hall–Kier alpha value is -1.07. The fraction of sp³-hybridized carbons (Fsp3) is 0.903. The van der Waals surface area contributed by atoms with E-state index < -0.39 is 18.4 Å². The molecule has 5 nitrogen and oxygen atoms in total. The summed E-state index contributed by atoms with van der Waals surface area (Å²) >= 11 is 0. The first kappa shape index (κ1) is 28.0. The minimum absolute atomic E-state index is 0.125. The van der Waals surface area contributed by atoms with Crippen molar-refractivity contribution in [2.45, 2.75) is 131 Å². The second kappa shape index (κ2) is 11.0. The quantitative estimate of drug-likeness (QED) is 0.251. The lowest BCUT2D eigenvalue weighted by molar-refractivity contribution is -0.0660. The van der Waals surface area contributed by atoms with Crippen LogP contribution in [0.25, 0.3) is 0 Å². The highest BCUT2D eigenvalue weighted by molar-refractivity contribution is 5.67. The number of nitrogens with one attached hydrogen (secondary N) is 1. The zero-order valence-corrected chi connectivity index (χ0v) is 23.8. The molecule has 4 aliphatic carbocycles. The lowest BCUT2D eigenvalue weighted by Crippen LogP contribution is -2.51. The highest BCUT2D eigenvalue weighted by Crippen LogP contribution is 2.67. The van der Waals surface area contributed by atoms with E-state index in [0.29, 0.717) is 5.41 Å². The maximum Gasteiger partial charge on any atom is 0.407 e. The van der Waals surface area contributed by atoms with E-state index in [4.69, 9.17) is 4.74 Å². The summed E-state index contributed by atoms with van der Waals surface area (Å²) in [6.07, 6.45) is 13.9. The molecule has 1 amide bonds. The molecule has 0 bridgehead atoms. The van der Waals surface area contributed by atoms with E-state index in [2.05, 4.69) is 46.0 Å². The van der Waals surface area contributed by atoms with Crippen LogP contribution in [0.4, 0.5) is 4.79 Å². The van der Waals surface area contributed by atoms with Gasteiger partial charge in [0.05, 0.1) is 6.04 Å². The topological polar surface area (TPSA) is 78.8 Å². The monoisotopic (exact) mass is 503 g/mol. The predicted octanol–water partition coefficient (Wildman–Crippen LogP) is 6.82. The Morgan fingerprint density at radius 1 is 1.06 bits per heavy atom. The van der Waals surface area contributed by atoms with Crippen LogP contribution in [-0.4, -0.2) is 34.7 Å². The van der Waals surface area contributed by atoms with Gasteiger partial charge in [0.25, 0.3) is 0 Å². The van der Waals surface area contributed by atoms with Crippen molar-refractivity contribution in [1.29, 1.82) is 0 Å². The first-order valence-electron chi connectivity index (χ1n) is 15.0. The molecule has 1 unspecified atom stereocenters. The van der Waals surface area contributed by atoms with Gasteiger partial charge in [-0.3, -0.25) is 0 Å². The van der Waals surface area contributed by atoms with E-state index in [1.807, 2.05) is 0 Å². The number of ether oxygens (including phenoxy) is 1. The van der Waals surface area contributed by atoms with Crippen molar-refractivity contribution < 1.29 is 19.7 Å². The van der Waals surface area contributed by atoms with Gasteiger partial charge in [0.15, 0.2) is 6.29 Å². The molecular weight excluding hydrogens is 450 g/mol. The van der Waals surface area contributed by atoms with Gasteiger partial charge in [0.1, 0.15) is 6.10 Å². The van der Waals surface area contributed by atoms with Crippen LogP contribution in [0.1, 0.15) is 112 Å². The van der Waals surface area contributed by atoms with Gasteiger partial charge in [-0.15, -0.1) is 0 Å². The molecule has 9 atom stereocenters. The van der Waals surface area contributed by atoms with Crippen molar-refractivity contribution in [2.24, 2.45) is 46.3 Å². The van der Waals surface area contributed by atoms with Crippen LogP contribution in [0.2, 0.25) is 0 Å². The van der Waals surface area contributed by atoms with Gasteiger partial charge in [-0.2, -0.15) is 0 Å². The molecule has 4 aliphatic rings. The number of amides is 1. The molecule has 206 valence electrons. The molecule has 3 fully saturated rings. The van der Waals surface area contributed by atoms with Crippen LogP contribution < -0.4 is 5.32 Å². The number of allylic oxidation sites excluding steroid dienone is 1. The molecule has 3 saturated carbocycles.